The number of amides is 2. The average Bonchev–Trinajstić information content (AvgIpc) is 2.89. The highest BCUT2D eigenvalue weighted by atomic mass is 32.2. The van der Waals surface area contributed by atoms with Crippen LogP contribution in [-0.2, 0) is 42.0 Å². The van der Waals surface area contributed by atoms with E-state index < -0.39 is 52.6 Å². The van der Waals surface area contributed by atoms with Crippen LogP contribution in [0.3, 0.4) is 0 Å². The van der Waals surface area contributed by atoms with Crippen LogP contribution in [-0.4, -0.2) is 62.0 Å². The van der Waals surface area contributed by atoms with E-state index in [1.807, 2.05) is 36.4 Å². The number of Topliss-reactive ketones (excluding diaryl/α,β-unsaturated/α-hetero) is 1. The van der Waals surface area contributed by atoms with E-state index in [9.17, 15) is 32.7 Å². The van der Waals surface area contributed by atoms with Crippen molar-refractivity contribution in [1.29, 1.82) is 0 Å². The molecular weight excluding hydrogens is 522 g/mol. The lowest BCUT2D eigenvalue weighted by molar-refractivity contribution is -0.141. The largest absolute Gasteiger partial charge is 0.481 e. The molecule has 0 aliphatic rings. The van der Waals surface area contributed by atoms with Crippen LogP contribution in [0.4, 0.5) is 0 Å². The molecule has 2 aromatic carbocycles. The molecule has 0 saturated heterocycles. The van der Waals surface area contributed by atoms with Gasteiger partial charge in [-0.05, 0) is 29.9 Å². The van der Waals surface area contributed by atoms with Gasteiger partial charge in [0.05, 0.1) is 24.8 Å². The normalized spacial score (nSPS) is 12.9. The Labute approximate surface area is 229 Å². The summed E-state index contributed by atoms with van der Waals surface area (Å²) in [6.07, 6.45) is 0.00743. The fourth-order valence-electron chi connectivity index (χ4n) is 3.87. The number of carbonyl (C=O) groups is 4. The molecule has 0 saturated carbocycles. The molecule has 0 radical (unpaired) electrons. The number of carboxylic acid groups (broad SMARTS) is 1. The van der Waals surface area contributed by atoms with Crippen LogP contribution in [0.1, 0.15) is 37.8 Å². The fourth-order valence-corrected chi connectivity index (χ4v) is 4.88. The number of rotatable bonds is 17. The van der Waals surface area contributed by atoms with Crippen LogP contribution in [0.2, 0.25) is 0 Å². The molecule has 0 spiro atoms. The Bertz CT molecular complexity index is 1200. The summed E-state index contributed by atoms with van der Waals surface area (Å²) in [6.45, 7) is 3.22. The zero-order valence-electron chi connectivity index (χ0n) is 22.3. The summed E-state index contributed by atoms with van der Waals surface area (Å²) >= 11 is 0. The molecule has 2 amide bonds. The van der Waals surface area contributed by atoms with Gasteiger partial charge >= 0.3 is 5.97 Å². The summed E-state index contributed by atoms with van der Waals surface area (Å²) in [7, 11) is -3.82. The van der Waals surface area contributed by atoms with Gasteiger partial charge in [-0.25, -0.2) is 13.1 Å². The monoisotopic (exact) mass is 559 g/mol. The van der Waals surface area contributed by atoms with E-state index in [-0.39, 0.29) is 30.4 Å². The lowest BCUT2D eigenvalue weighted by atomic mass is 9.90. The Morgan fingerprint density at radius 2 is 1.41 bits per heavy atom. The summed E-state index contributed by atoms with van der Waals surface area (Å²) in [5.74, 6) is -4.45. The first-order chi connectivity index (χ1) is 18.5. The zero-order valence-corrected chi connectivity index (χ0v) is 23.1. The van der Waals surface area contributed by atoms with Crippen LogP contribution in [0.25, 0.3) is 0 Å². The fraction of sp³-hybridized carbons (Fsp3) is 0.429. The maximum atomic E-state index is 13.0. The van der Waals surface area contributed by atoms with E-state index in [1.54, 1.807) is 38.1 Å². The standard InChI is InChI=1S/C28H37N3O7S/c1-20(2)23(17-26(33)29-15-13-21-9-5-3-6-10-21)28(36)31-24(18-27(34)35)25(32)19-30-39(37,38)16-14-22-11-7-4-8-12-22/h3-12,20,23-24,30H,13-19H2,1-2H3,(H,29,33)(H,31,36)(H,34,35). The molecule has 0 fully saturated rings. The summed E-state index contributed by atoms with van der Waals surface area (Å²) in [4.78, 5) is 49.6. The quantitative estimate of drug-likeness (QED) is 0.230. The molecule has 39 heavy (non-hydrogen) atoms. The topological polar surface area (TPSA) is 159 Å². The lowest BCUT2D eigenvalue weighted by Crippen LogP contribution is -2.49. The molecule has 2 unspecified atom stereocenters. The Balaban J connectivity index is 1.92. The Kier molecular flexibility index (Phi) is 12.8. The first-order valence-electron chi connectivity index (χ1n) is 12.8. The average molecular weight is 560 g/mol. The highest BCUT2D eigenvalue weighted by Gasteiger charge is 2.30. The highest BCUT2D eigenvalue weighted by Crippen LogP contribution is 2.16. The molecule has 0 aliphatic heterocycles. The summed E-state index contributed by atoms with van der Waals surface area (Å²) in [5, 5.41) is 14.5. The number of sulfonamides is 1. The van der Waals surface area contributed by atoms with Crippen LogP contribution >= 0.6 is 0 Å². The van der Waals surface area contributed by atoms with Crippen molar-refractivity contribution < 1.29 is 32.7 Å². The number of hydrogen-bond acceptors (Lipinski definition) is 6. The first kappa shape index (κ1) is 31.6. The Hall–Kier alpha value is -3.57. The molecule has 0 heterocycles. The molecule has 0 bridgehead atoms. The van der Waals surface area contributed by atoms with Crippen LogP contribution < -0.4 is 15.4 Å². The molecule has 10 nitrogen and oxygen atoms in total. The number of aliphatic carboxylic acids is 1. The van der Waals surface area contributed by atoms with E-state index in [0.717, 1.165) is 11.1 Å². The van der Waals surface area contributed by atoms with E-state index in [1.165, 1.54) is 0 Å². The number of carboxylic acids is 1. The second kappa shape index (κ2) is 15.7. The number of nitrogens with one attached hydrogen (secondary N) is 3. The number of benzene rings is 2. The predicted octanol–water partition coefficient (Wildman–Crippen LogP) is 1.70. The van der Waals surface area contributed by atoms with Gasteiger partial charge in [0.2, 0.25) is 21.8 Å². The summed E-state index contributed by atoms with van der Waals surface area (Å²) in [5.41, 5.74) is 1.87. The number of aryl methyl sites for hydroxylation is 1. The van der Waals surface area contributed by atoms with Crippen molar-refractivity contribution in [3.63, 3.8) is 0 Å². The van der Waals surface area contributed by atoms with Crippen molar-refractivity contribution in [1.82, 2.24) is 15.4 Å². The maximum Gasteiger partial charge on any atom is 0.305 e. The first-order valence-corrected chi connectivity index (χ1v) is 14.5. The third-order valence-electron chi connectivity index (χ3n) is 6.18. The number of hydrogen-bond donors (Lipinski definition) is 4. The highest BCUT2D eigenvalue weighted by molar-refractivity contribution is 7.89. The van der Waals surface area contributed by atoms with Gasteiger partial charge in [0.25, 0.3) is 0 Å². The molecule has 2 rings (SSSR count). The van der Waals surface area contributed by atoms with Gasteiger partial charge in [-0.1, -0.05) is 74.5 Å². The minimum atomic E-state index is -3.82. The molecular formula is C28H37N3O7S. The predicted molar refractivity (Wildman–Crippen MR) is 147 cm³/mol. The minimum Gasteiger partial charge on any atom is -0.481 e. The Morgan fingerprint density at radius 1 is 0.846 bits per heavy atom. The van der Waals surface area contributed by atoms with Gasteiger partial charge in [-0.15, -0.1) is 0 Å². The van der Waals surface area contributed by atoms with E-state index >= 15 is 0 Å². The maximum absolute atomic E-state index is 13.0. The van der Waals surface area contributed by atoms with Crippen LogP contribution in [0.5, 0.6) is 0 Å². The van der Waals surface area contributed by atoms with Gasteiger partial charge < -0.3 is 15.7 Å². The molecule has 2 aromatic rings. The van der Waals surface area contributed by atoms with Crippen molar-refractivity contribution in [2.24, 2.45) is 11.8 Å². The number of ketones is 1. The van der Waals surface area contributed by atoms with Gasteiger partial charge in [0.15, 0.2) is 5.78 Å². The van der Waals surface area contributed by atoms with Crippen molar-refractivity contribution >= 4 is 33.6 Å². The molecule has 2 atom stereocenters. The molecule has 4 N–H and O–H groups in total. The number of carbonyl (C=O) groups excluding carboxylic acids is 3. The Morgan fingerprint density at radius 3 is 1.95 bits per heavy atom. The summed E-state index contributed by atoms with van der Waals surface area (Å²) < 4.78 is 26.9. The van der Waals surface area contributed by atoms with Crippen molar-refractivity contribution in [3.8, 4) is 0 Å². The molecule has 11 heteroatoms. The molecule has 0 aliphatic carbocycles. The van der Waals surface area contributed by atoms with E-state index in [4.69, 9.17) is 0 Å². The summed E-state index contributed by atoms with van der Waals surface area (Å²) in [6, 6.07) is 17.1. The van der Waals surface area contributed by atoms with E-state index in [2.05, 4.69) is 15.4 Å². The second-order valence-electron chi connectivity index (χ2n) is 9.64. The van der Waals surface area contributed by atoms with Gasteiger partial charge in [0, 0.05) is 18.9 Å². The zero-order chi connectivity index (χ0) is 28.8. The van der Waals surface area contributed by atoms with Crippen molar-refractivity contribution in [3.05, 3.63) is 71.8 Å². The third-order valence-corrected chi connectivity index (χ3v) is 7.50. The van der Waals surface area contributed by atoms with Gasteiger partial charge in [-0.2, -0.15) is 0 Å². The minimum absolute atomic E-state index is 0.140. The SMILES string of the molecule is CC(C)C(CC(=O)NCCc1ccccc1)C(=O)NC(CC(=O)O)C(=O)CNS(=O)(=O)CCc1ccccc1. The van der Waals surface area contributed by atoms with Crippen molar-refractivity contribution in [2.75, 3.05) is 18.8 Å². The van der Waals surface area contributed by atoms with E-state index in [0.29, 0.717) is 13.0 Å². The smallest absolute Gasteiger partial charge is 0.305 e. The second-order valence-corrected chi connectivity index (χ2v) is 11.6. The molecule has 0 aromatic heterocycles. The van der Waals surface area contributed by atoms with Gasteiger partial charge in [0.1, 0.15) is 0 Å². The lowest BCUT2D eigenvalue weighted by Gasteiger charge is -2.23. The van der Waals surface area contributed by atoms with Crippen molar-refractivity contribution in [2.45, 2.75) is 45.6 Å². The van der Waals surface area contributed by atoms with Gasteiger partial charge in [-0.3, -0.25) is 19.2 Å². The van der Waals surface area contributed by atoms with Crippen LogP contribution in [0.15, 0.2) is 60.7 Å². The van der Waals surface area contributed by atoms with Crippen LogP contribution in [0, 0.1) is 11.8 Å². The third kappa shape index (κ3) is 12.2. The molecule has 212 valence electrons.